The molecule has 1 aliphatic heterocycles. The molecular weight excluding hydrogens is 489 g/mol. The van der Waals surface area contributed by atoms with Crippen LogP contribution in [0.5, 0.6) is 11.5 Å². The number of nitrogens with zero attached hydrogens (tertiary/aromatic N) is 1. The van der Waals surface area contributed by atoms with Gasteiger partial charge in [0.2, 0.25) is 5.91 Å². The van der Waals surface area contributed by atoms with E-state index in [4.69, 9.17) is 11.5 Å². The van der Waals surface area contributed by atoms with Crippen LogP contribution in [0.1, 0.15) is 37.8 Å². The lowest BCUT2D eigenvalue weighted by Crippen LogP contribution is -2.58. The van der Waals surface area contributed by atoms with Crippen molar-refractivity contribution in [3.05, 3.63) is 94.8 Å². The van der Waals surface area contributed by atoms with E-state index in [0.717, 1.165) is 0 Å². The molecule has 0 spiro atoms. The molecule has 0 aromatic heterocycles. The van der Waals surface area contributed by atoms with Gasteiger partial charge in [-0.3, -0.25) is 19.3 Å². The summed E-state index contributed by atoms with van der Waals surface area (Å²) in [6.45, 7) is 1.53. The van der Waals surface area contributed by atoms with E-state index in [0.29, 0.717) is 11.1 Å². The van der Waals surface area contributed by atoms with E-state index >= 15 is 0 Å². The van der Waals surface area contributed by atoms with Gasteiger partial charge in [-0.2, -0.15) is 0 Å². The number of carbonyl (C=O) groups is 3. The molecule has 8 nitrogen and oxygen atoms in total. The van der Waals surface area contributed by atoms with Gasteiger partial charge in [-0.15, -0.1) is 0 Å². The Bertz CT molecular complexity index is 1310. The molecule has 38 heavy (non-hydrogen) atoms. The molecule has 3 atom stereocenters. The van der Waals surface area contributed by atoms with E-state index in [1.165, 1.54) is 48.5 Å². The lowest BCUT2D eigenvalue weighted by Gasteiger charge is -2.45. The number of aromatic hydroxyl groups is 2. The fraction of sp³-hybridized carbons (Fsp3) is 0.276. The minimum Gasteiger partial charge on any atom is -0.508 e. The smallest absolute Gasteiger partial charge is 0.236 e. The molecule has 0 aliphatic carbocycles. The maximum atomic E-state index is 14.8. The molecule has 1 fully saturated rings. The highest BCUT2D eigenvalue weighted by molar-refractivity contribution is 6.02. The van der Waals surface area contributed by atoms with Gasteiger partial charge in [-0.1, -0.05) is 36.4 Å². The van der Waals surface area contributed by atoms with E-state index in [1.54, 1.807) is 30.0 Å². The summed E-state index contributed by atoms with van der Waals surface area (Å²) in [5, 5.41) is 20.0. The predicted octanol–water partition coefficient (Wildman–Crippen LogP) is 2.76. The van der Waals surface area contributed by atoms with Crippen LogP contribution in [0.3, 0.4) is 0 Å². The number of ketones is 2. The molecule has 6 N–H and O–H groups in total. The Hall–Kier alpha value is -4.08. The summed E-state index contributed by atoms with van der Waals surface area (Å²) in [5.74, 6) is -4.75. The second kappa shape index (κ2) is 11.1. The van der Waals surface area contributed by atoms with E-state index in [-0.39, 0.29) is 53.8 Å². The van der Waals surface area contributed by atoms with Crippen LogP contribution in [0.4, 0.5) is 4.39 Å². The van der Waals surface area contributed by atoms with Crippen molar-refractivity contribution in [1.82, 2.24) is 4.90 Å². The van der Waals surface area contributed by atoms with Crippen LogP contribution in [-0.4, -0.2) is 58.3 Å². The number of hydrogen-bond donors (Lipinski definition) is 4. The van der Waals surface area contributed by atoms with Crippen LogP contribution in [0.2, 0.25) is 0 Å². The first kappa shape index (κ1) is 27.0. The highest BCUT2D eigenvalue weighted by Gasteiger charge is 2.47. The van der Waals surface area contributed by atoms with Crippen molar-refractivity contribution in [3.63, 3.8) is 0 Å². The number of halogens is 1. The van der Waals surface area contributed by atoms with E-state index in [2.05, 4.69) is 0 Å². The van der Waals surface area contributed by atoms with Gasteiger partial charge in [0.1, 0.15) is 23.4 Å². The maximum Gasteiger partial charge on any atom is 0.236 e. The lowest BCUT2D eigenvalue weighted by molar-refractivity contribution is -0.124. The third-order valence-corrected chi connectivity index (χ3v) is 7.33. The van der Waals surface area contributed by atoms with Crippen molar-refractivity contribution in [1.29, 1.82) is 0 Å². The zero-order chi connectivity index (χ0) is 27.6. The highest BCUT2D eigenvalue weighted by atomic mass is 19.1. The molecule has 1 saturated heterocycles. The maximum absolute atomic E-state index is 14.8. The molecule has 3 aromatic rings. The monoisotopic (exact) mass is 519 g/mol. The Kier molecular flexibility index (Phi) is 7.89. The van der Waals surface area contributed by atoms with Gasteiger partial charge in [0.25, 0.3) is 0 Å². The summed E-state index contributed by atoms with van der Waals surface area (Å²) in [7, 11) is 0. The third kappa shape index (κ3) is 5.29. The summed E-state index contributed by atoms with van der Waals surface area (Å²) in [6.07, 6.45) is 0. The molecule has 1 aliphatic rings. The summed E-state index contributed by atoms with van der Waals surface area (Å²) in [4.78, 5) is 41.9. The number of Topliss-reactive ketones (excluding diaryl/α,β-unsaturated/α-hetero) is 2. The second-order valence-corrected chi connectivity index (χ2v) is 9.63. The van der Waals surface area contributed by atoms with Crippen LogP contribution in [0.25, 0.3) is 0 Å². The number of amides is 1. The molecule has 1 amide bonds. The number of primary amides is 1. The predicted molar refractivity (Wildman–Crippen MR) is 139 cm³/mol. The van der Waals surface area contributed by atoms with Gasteiger partial charge in [0.15, 0.2) is 11.6 Å². The first-order valence-electron chi connectivity index (χ1n) is 12.3. The van der Waals surface area contributed by atoms with Crippen LogP contribution < -0.4 is 11.5 Å². The Labute approximate surface area is 219 Å². The van der Waals surface area contributed by atoms with Gasteiger partial charge >= 0.3 is 0 Å². The number of likely N-dealkylation sites (tertiary alicyclic amines) is 1. The van der Waals surface area contributed by atoms with E-state index in [1.807, 2.05) is 0 Å². The Morgan fingerprint density at radius 3 is 1.87 bits per heavy atom. The number of nitrogens with two attached hydrogens (primary N) is 2. The van der Waals surface area contributed by atoms with Crippen molar-refractivity contribution in [3.8, 4) is 11.5 Å². The second-order valence-electron chi connectivity index (χ2n) is 9.63. The normalized spacial score (nSPS) is 20.6. The zero-order valence-electron chi connectivity index (χ0n) is 20.9. The fourth-order valence-electron chi connectivity index (χ4n) is 5.44. The molecule has 4 rings (SSSR count). The molecule has 0 saturated carbocycles. The molecule has 0 bridgehead atoms. The van der Waals surface area contributed by atoms with Gasteiger partial charge in [-0.25, -0.2) is 4.39 Å². The Balaban J connectivity index is 1.91. The summed E-state index contributed by atoms with van der Waals surface area (Å²) in [6, 6.07) is 15.3. The summed E-state index contributed by atoms with van der Waals surface area (Å²) >= 11 is 0. The average Bonchev–Trinajstić information content (AvgIpc) is 2.89. The van der Waals surface area contributed by atoms with Crippen LogP contribution in [-0.2, 0) is 4.79 Å². The number of carbonyl (C=O) groups excluding carboxylic acids is 3. The molecular formula is C29H30FN3O5. The van der Waals surface area contributed by atoms with Crippen molar-refractivity contribution in [2.24, 2.45) is 23.3 Å². The third-order valence-electron chi connectivity index (χ3n) is 7.33. The number of hydrogen-bond acceptors (Lipinski definition) is 7. The SMILES string of the molecule is Cc1c(F)cccc1C1C(C(=O)c2cccc(O)c2)CN(C(CN)C(N)=O)CC1C(=O)c1cccc(O)c1. The minimum absolute atomic E-state index is 0.0315. The molecule has 9 heteroatoms. The number of phenols is 2. The average molecular weight is 520 g/mol. The number of piperidine rings is 1. The fourth-order valence-corrected chi connectivity index (χ4v) is 5.44. The van der Waals surface area contributed by atoms with Gasteiger partial charge in [0.05, 0.1) is 0 Å². The largest absolute Gasteiger partial charge is 0.508 e. The van der Waals surface area contributed by atoms with Crippen molar-refractivity contribution in [2.45, 2.75) is 18.9 Å². The van der Waals surface area contributed by atoms with Gasteiger partial charge in [0, 0.05) is 48.5 Å². The number of rotatable bonds is 8. The topological polar surface area (TPSA) is 147 Å². The van der Waals surface area contributed by atoms with Crippen molar-refractivity contribution < 1.29 is 29.0 Å². The van der Waals surface area contributed by atoms with Crippen LogP contribution in [0.15, 0.2) is 66.7 Å². The molecule has 198 valence electrons. The Morgan fingerprint density at radius 2 is 1.42 bits per heavy atom. The number of phenolic OH excluding ortho intramolecular Hbond substituents is 2. The van der Waals surface area contributed by atoms with Gasteiger partial charge in [-0.05, 0) is 48.4 Å². The first-order chi connectivity index (χ1) is 18.1. The summed E-state index contributed by atoms with van der Waals surface area (Å²) < 4.78 is 14.8. The van der Waals surface area contributed by atoms with E-state index < -0.39 is 35.5 Å². The first-order valence-corrected chi connectivity index (χ1v) is 12.3. The standard InChI is InChI=1S/C29H30FN3O5/c1-16-21(9-4-10-24(16)30)26-22(27(36)17-5-2-7-19(34)11-17)14-33(25(13-31)29(32)38)15-23(26)28(37)18-6-3-8-20(35)12-18/h2-12,22-23,25-26,34-35H,13-15,31H2,1H3,(H2,32,38). The molecule has 1 heterocycles. The lowest BCUT2D eigenvalue weighted by atomic mass is 9.67. The Morgan fingerprint density at radius 1 is 0.921 bits per heavy atom. The van der Waals surface area contributed by atoms with Crippen molar-refractivity contribution in [2.75, 3.05) is 19.6 Å². The summed E-state index contributed by atoms with van der Waals surface area (Å²) in [5.41, 5.74) is 12.7. The van der Waals surface area contributed by atoms with E-state index in [9.17, 15) is 29.0 Å². The number of benzene rings is 3. The van der Waals surface area contributed by atoms with Crippen LogP contribution >= 0.6 is 0 Å². The zero-order valence-corrected chi connectivity index (χ0v) is 20.9. The molecule has 3 unspecified atom stereocenters. The van der Waals surface area contributed by atoms with Crippen LogP contribution in [0, 0.1) is 24.6 Å². The minimum atomic E-state index is -0.941. The van der Waals surface area contributed by atoms with Gasteiger partial charge < -0.3 is 21.7 Å². The molecule has 0 radical (unpaired) electrons. The highest BCUT2D eigenvalue weighted by Crippen LogP contribution is 2.43. The van der Waals surface area contributed by atoms with Crippen molar-refractivity contribution >= 4 is 17.5 Å². The molecule has 3 aromatic carbocycles. The quantitative estimate of drug-likeness (QED) is 0.335.